The van der Waals surface area contributed by atoms with Crippen LogP contribution in [0.25, 0.3) is 54.6 Å². The number of rotatable bonds is 8. The van der Waals surface area contributed by atoms with Gasteiger partial charge in [0, 0.05) is 32.3 Å². The lowest BCUT2D eigenvalue weighted by Gasteiger charge is -2.00. The molecule has 0 aliphatic rings. The zero-order chi connectivity index (χ0) is 23.1. The predicted octanol–water partition coefficient (Wildman–Crippen LogP) is 10.1. The van der Waals surface area contributed by atoms with Crippen molar-refractivity contribution in [3.63, 3.8) is 0 Å². The minimum Gasteiger partial charge on any atom is -0.455 e. The lowest BCUT2D eigenvalue weighted by Crippen LogP contribution is -1.84. The normalized spacial score (nSPS) is 12.2. The number of hydrogen-bond donors (Lipinski definition) is 0. The maximum Gasteiger partial charge on any atom is 0.143 e. The smallest absolute Gasteiger partial charge is 0.143 e. The third kappa shape index (κ3) is 3.57. The fraction of sp³-hybridized carbons (Fsp3) is 0.312. The Hall–Kier alpha value is -3.26. The third-order valence-electron chi connectivity index (χ3n) is 7.34. The van der Waals surface area contributed by atoms with Gasteiger partial charge in [-0.2, -0.15) is 0 Å². The van der Waals surface area contributed by atoms with Gasteiger partial charge in [-0.15, -0.1) is 0 Å². The molecule has 0 atom stereocenters. The van der Waals surface area contributed by atoms with Crippen LogP contribution in [0.4, 0.5) is 0 Å². The van der Waals surface area contributed by atoms with E-state index in [-0.39, 0.29) is 0 Å². The molecule has 2 heteroatoms. The summed E-state index contributed by atoms with van der Waals surface area (Å²) in [5.41, 5.74) is 6.61. The van der Waals surface area contributed by atoms with Gasteiger partial charge in [-0.3, -0.25) is 0 Å². The standard InChI is InChI=1S/C32H32O2/c1-3-5-7-9-21-11-13-23-25-15-17-28-27(31(25)33-29(23)19-21)18-16-26-24-14-12-22(10-8-6-4-2)20-30(24)34-32(26)28/h11-20H,3-10H2,1-2H3. The van der Waals surface area contributed by atoms with Gasteiger partial charge in [-0.05, 0) is 73.2 Å². The Labute approximate surface area is 200 Å². The molecule has 0 fully saturated rings. The van der Waals surface area contributed by atoms with E-state index >= 15 is 0 Å². The highest BCUT2D eigenvalue weighted by Gasteiger charge is 2.16. The Morgan fingerprint density at radius 3 is 1.26 bits per heavy atom. The highest BCUT2D eigenvalue weighted by atomic mass is 16.3. The fourth-order valence-corrected chi connectivity index (χ4v) is 5.43. The van der Waals surface area contributed by atoms with Gasteiger partial charge in [0.2, 0.25) is 0 Å². The zero-order valence-corrected chi connectivity index (χ0v) is 20.2. The van der Waals surface area contributed by atoms with Gasteiger partial charge >= 0.3 is 0 Å². The van der Waals surface area contributed by atoms with E-state index in [4.69, 9.17) is 8.83 Å². The molecule has 0 aliphatic carbocycles. The Balaban J connectivity index is 1.46. The van der Waals surface area contributed by atoms with Crippen LogP contribution in [0.15, 0.2) is 69.5 Å². The van der Waals surface area contributed by atoms with Gasteiger partial charge in [-0.1, -0.05) is 63.8 Å². The van der Waals surface area contributed by atoms with Crippen LogP contribution in [0.1, 0.15) is 63.5 Å². The minimum absolute atomic E-state index is 0.959. The van der Waals surface area contributed by atoms with Crippen LogP contribution < -0.4 is 0 Å². The van der Waals surface area contributed by atoms with E-state index in [1.807, 2.05) is 0 Å². The number of fused-ring (bicyclic) bond motifs is 9. The molecule has 4 aromatic carbocycles. The molecule has 0 unspecified atom stereocenters. The van der Waals surface area contributed by atoms with Gasteiger partial charge in [0.1, 0.15) is 22.3 Å². The number of furan rings is 2. The van der Waals surface area contributed by atoms with Gasteiger partial charge in [0.15, 0.2) is 0 Å². The van der Waals surface area contributed by atoms with Gasteiger partial charge in [0.25, 0.3) is 0 Å². The molecule has 0 amide bonds. The SMILES string of the molecule is CCCCCc1ccc2c(c1)oc1c2ccc2c1ccc1c3ccc(CCCCC)cc3oc12. The van der Waals surface area contributed by atoms with Crippen LogP contribution in [-0.4, -0.2) is 0 Å². The highest BCUT2D eigenvalue weighted by molar-refractivity contribution is 6.22. The largest absolute Gasteiger partial charge is 0.455 e. The lowest BCUT2D eigenvalue weighted by atomic mass is 10.0. The lowest BCUT2D eigenvalue weighted by molar-refractivity contribution is 0.667. The van der Waals surface area contributed by atoms with Crippen molar-refractivity contribution >= 4 is 54.6 Å². The molecule has 0 saturated heterocycles. The molecular formula is C32H32O2. The molecule has 0 saturated carbocycles. The molecule has 0 N–H and O–H groups in total. The average molecular weight is 449 g/mol. The van der Waals surface area contributed by atoms with Crippen molar-refractivity contribution in [1.29, 1.82) is 0 Å². The molecule has 0 radical (unpaired) electrons. The summed E-state index contributed by atoms with van der Waals surface area (Å²) in [6.07, 6.45) is 9.73. The Bertz CT molecular complexity index is 1510. The first-order chi connectivity index (χ1) is 16.8. The van der Waals surface area contributed by atoms with E-state index < -0.39 is 0 Å². The zero-order valence-electron chi connectivity index (χ0n) is 20.2. The number of benzene rings is 4. The molecule has 2 aromatic heterocycles. The summed E-state index contributed by atoms with van der Waals surface area (Å²) < 4.78 is 12.9. The second-order valence-electron chi connectivity index (χ2n) is 9.76. The van der Waals surface area contributed by atoms with Crippen LogP contribution >= 0.6 is 0 Å². The molecule has 0 bridgehead atoms. The van der Waals surface area contributed by atoms with Crippen molar-refractivity contribution in [2.24, 2.45) is 0 Å². The summed E-state index contributed by atoms with van der Waals surface area (Å²) in [5, 5.41) is 6.98. The Morgan fingerprint density at radius 1 is 0.471 bits per heavy atom. The summed E-state index contributed by atoms with van der Waals surface area (Å²) in [6.45, 7) is 4.50. The first-order valence-corrected chi connectivity index (χ1v) is 13.0. The molecule has 6 aromatic rings. The van der Waals surface area contributed by atoms with E-state index in [1.165, 1.54) is 71.2 Å². The molecular weight excluding hydrogens is 416 g/mol. The van der Waals surface area contributed by atoms with Crippen LogP contribution in [0.2, 0.25) is 0 Å². The predicted molar refractivity (Wildman–Crippen MR) is 145 cm³/mol. The van der Waals surface area contributed by atoms with E-state index in [0.717, 1.165) is 45.9 Å². The van der Waals surface area contributed by atoms with Gasteiger partial charge < -0.3 is 8.83 Å². The maximum atomic E-state index is 6.47. The van der Waals surface area contributed by atoms with Crippen LogP contribution in [0.5, 0.6) is 0 Å². The quantitative estimate of drug-likeness (QED) is 0.216. The molecule has 172 valence electrons. The average Bonchev–Trinajstić information content (AvgIpc) is 3.42. The fourth-order valence-electron chi connectivity index (χ4n) is 5.43. The molecule has 34 heavy (non-hydrogen) atoms. The Morgan fingerprint density at radius 2 is 0.853 bits per heavy atom. The Kier molecular flexibility index (Phi) is 5.53. The topological polar surface area (TPSA) is 26.3 Å². The van der Waals surface area contributed by atoms with Crippen molar-refractivity contribution in [3.8, 4) is 0 Å². The van der Waals surface area contributed by atoms with E-state index in [0.29, 0.717) is 0 Å². The van der Waals surface area contributed by atoms with E-state index in [2.05, 4.69) is 74.5 Å². The first-order valence-electron chi connectivity index (χ1n) is 13.0. The summed E-state index contributed by atoms with van der Waals surface area (Å²) in [7, 11) is 0. The van der Waals surface area contributed by atoms with Crippen molar-refractivity contribution in [2.75, 3.05) is 0 Å². The van der Waals surface area contributed by atoms with Crippen LogP contribution in [0.3, 0.4) is 0 Å². The second kappa shape index (κ2) is 8.83. The van der Waals surface area contributed by atoms with Crippen molar-refractivity contribution < 1.29 is 8.83 Å². The summed E-state index contributed by atoms with van der Waals surface area (Å²) in [5.74, 6) is 0. The van der Waals surface area contributed by atoms with Gasteiger partial charge in [-0.25, -0.2) is 0 Å². The summed E-state index contributed by atoms with van der Waals surface area (Å²) in [6, 6.07) is 22.3. The first kappa shape index (κ1) is 21.3. The number of unbranched alkanes of at least 4 members (excludes halogenated alkanes) is 4. The van der Waals surface area contributed by atoms with E-state index in [9.17, 15) is 0 Å². The third-order valence-corrected chi connectivity index (χ3v) is 7.34. The highest BCUT2D eigenvalue weighted by Crippen LogP contribution is 2.40. The molecule has 6 rings (SSSR count). The second-order valence-corrected chi connectivity index (χ2v) is 9.76. The molecule has 0 spiro atoms. The number of hydrogen-bond acceptors (Lipinski definition) is 2. The minimum atomic E-state index is 0.959. The maximum absolute atomic E-state index is 6.47. The molecule has 2 heterocycles. The van der Waals surface area contributed by atoms with Gasteiger partial charge in [0.05, 0.1) is 0 Å². The monoisotopic (exact) mass is 448 g/mol. The van der Waals surface area contributed by atoms with Crippen molar-refractivity contribution in [2.45, 2.75) is 65.2 Å². The van der Waals surface area contributed by atoms with Crippen molar-refractivity contribution in [1.82, 2.24) is 0 Å². The van der Waals surface area contributed by atoms with Crippen LogP contribution in [-0.2, 0) is 12.8 Å². The number of aryl methyl sites for hydroxylation is 2. The van der Waals surface area contributed by atoms with E-state index in [1.54, 1.807) is 0 Å². The molecule has 2 nitrogen and oxygen atoms in total. The summed E-state index contributed by atoms with van der Waals surface area (Å²) in [4.78, 5) is 0. The summed E-state index contributed by atoms with van der Waals surface area (Å²) >= 11 is 0. The van der Waals surface area contributed by atoms with Crippen LogP contribution in [0, 0.1) is 0 Å². The molecule has 0 aliphatic heterocycles. The van der Waals surface area contributed by atoms with Crippen molar-refractivity contribution in [3.05, 3.63) is 71.8 Å².